The maximum Gasteiger partial charge on any atom is 0.0769 e. The Morgan fingerprint density at radius 2 is 1.38 bits per heavy atom. The summed E-state index contributed by atoms with van der Waals surface area (Å²) in [5.74, 6) is 6.52. The lowest BCUT2D eigenvalue weighted by molar-refractivity contribution is 1.39. The molecule has 3 aromatic rings. The van der Waals surface area contributed by atoms with Gasteiger partial charge in [0, 0.05) is 11.1 Å². The number of nitrogens with zero attached hydrogens (tertiary/aromatic N) is 1. The first-order chi connectivity index (χ1) is 12.6. The Morgan fingerprint density at radius 3 is 2.00 bits per heavy atom. The summed E-state index contributed by atoms with van der Waals surface area (Å²) < 4.78 is 0. The third kappa shape index (κ3) is 4.16. The van der Waals surface area contributed by atoms with Crippen LogP contribution in [0.4, 0.5) is 5.69 Å². The smallest absolute Gasteiger partial charge is 0.0769 e. The molecule has 0 heterocycles. The minimum atomic E-state index is 0.862. The zero-order valence-corrected chi connectivity index (χ0v) is 15.9. The highest BCUT2D eigenvalue weighted by Crippen LogP contribution is 2.27. The highest BCUT2D eigenvalue weighted by Gasteiger charge is 2.04. The van der Waals surface area contributed by atoms with E-state index in [0.717, 1.165) is 27.9 Å². The molecule has 0 saturated carbocycles. The first-order valence-corrected chi connectivity index (χ1v) is 8.86. The van der Waals surface area contributed by atoms with Gasteiger partial charge >= 0.3 is 0 Å². The van der Waals surface area contributed by atoms with Crippen molar-refractivity contribution in [3.8, 4) is 23.0 Å². The average molecular weight is 353 g/mol. The van der Waals surface area contributed by atoms with Crippen LogP contribution in [0.1, 0.15) is 27.8 Å². The number of rotatable bonds is 2. The number of aryl methyl sites for hydroxylation is 3. The Balaban J connectivity index is 1.89. The molecule has 0 aliphatic carbocycles. The van der Waals surface area contributed by atoms with Crippen molar-refractivity contribution in [2.45, 2.75) is 20.8 Å². The molecule has 3 rings (SSSR count). The van der Waals surface area contributed by atoms with Crippen molar-refractivity contribution in [3.05, 3.63) is 88.5 Å². The van der Waals surface area contributed by atoms with Gasteiger partial charge in [-0.2, -0.15) is 4.99 Å². The molecular formula is C24H19NS. The molecule has 0 atom stereocenters. The molecule has 0 N–H and O–H groups in total. The van der Waals surface area contributed by atoms with Crippen LogP contribution in [-0.2, 0) is 0 Å². The topological polar surface area (TPSA) is 12.4 Å². The van der Waals surface area contributed by atoms with Crippen molar-refractivity contribution in [1.29, 1.82) is 0 Å². The summed E-state index contributed by atoms with van der Waals surface area (Å²) in [5.41, 5.74) is 8.77. The fourth-order valence-electron chi connectivity index (χ4n) is 2.77. The van der Waals surface area contributed by atoms with Gasteiger partial charge in [-0.3, -0.25) is 0 Å². The molecular weight excluding hydrogens is 334 g/mol. The molecule has 3 aromatic carbocycles. The van der Waals surface area contributed by atoms with Crippen molar-refractivity contribution < 1.29 is 0 Å². The number of isothiocyanates is 1. The van der Waals surface area contributed by atoms with Crippen molar-refractivity contribution in [3.63, 3.8) is 0 Å². The summed E-state index contributed by atoms with van der Waals surface area (Å²) in [5, 5.41) is 2.42. The van der Waals surface area contributed by atoms with Gasteiger partial charge in [-0.05, 0) is 85.6 Å². The van der Waals surface area contributed by atoms with Crippen LogP contribution in [-0.4, -0.2) is 5.16 Å². The van der Waals surface area contributed by atoms with E-state index in [0.29, 0.717) is 0 Å². The molecule has 0 radical (unpaired) electrons. The lowest BCUT2D eigenvalue weighted by Gasteiger charge is -2.07. The molecule has 0 aliphatic rings. The second-order valence-corrected chi connectivity index (χ2v) is 6.53. The van der Waals surface area contributed by atoms with Crippen LogP contribution in [0.15, 0.2) is 65.7 Å². The fraction of sp³-hybridized carbons (Fsp3) is 0.125. The van der Waals surface area contributed by atoms with Crippen molar-refractivity contribution in [2.75, 3.05) is 0 Å². The summed E-state index contributed by atoms with van der Waals surface area (Å²) >= 11 is 4.69. The zero-order valence-electron chi connectivity index (χ0n) is 15.1. The van der Waals surface area contributed by atoms with E-state index in [9.17, 15) is 0 Å². The first kappa shape index (κ1) is 17.8. The minimum absolute atomic E-state index is 0.862. The highest BCUT2D eigenvalue weighted by atomic mass is 32.1. The monoisotopic (exact) mass is 353 g/mol. The minimum Gasteiger partial charge on any atom is -0.194 e. The fourth-order valence-corrected chi connectivity index (χ4v) is 2.87. The Morgan fingerprint density at radius 1 is 0.731 bits per heavy atom. The highest BCUT2D eigenvalue weighted by molar-refractivity contribution is 7.78. The van der Waals surface area contributed by atoms with Crippen molar-refractivity contribution in [2.24, 2.45) is 4.99 Å². The standard InChI is InChI=1S/C24H19NS/c1-17-4-6-20(7-5-17)8-9-21-10-11-22(14-18(21)2)23-12-13-24(25-16-26)19(3)15-23/h4-7,10-15H,1-3H3. The van der Waals surface area contributed by atoms with Gasteiger partial charge in [-0.15, -0.1) is 0 Å². The molecule has 1 nitrogen and oxygen atoms in total. The van der Waals surface area contributed by atoms with E-state index in [1.165, 1.54) is 16.7 Å². The second-order valence-electron chi connectivity index (χ2n) is 6.35. The van der Waals surface area contributed by atoms with Gasteiger partial charge < -0.3 is 0 Å². The Labute approximate surface area is 160 Å². The van der Waals surface area contributed by atoms with E-state index in [2.05, 4.69) is 103 Å². The van der Waals surface area contributed by atoms with Crippen LogP contribution in [0.2, 0.25) is 0 Å². The van der Waals surface area contributed by atoms with Crippen molar-refractivity contribution in [1.82, 2.24) is 0 Å². The van der Waals surface area contributed by atoms with Gasteiger partial charge in [0.05, 0.1) is 10.8 Å². The summed E-state index contributed by atoms with van der Waals surface area (Å²) in [6, 6.07) is 20.8. The van der Waals surface area contributed by atoms with Crippen LogP contribution < -0.4 is 0 Å². The SMILES string of the molecule is Cc1ccc(C#Cc2ccc(-c3ccc(N=C=S)c(C)c3)cc2C)cc1. The van der Waals surface area contributed by atoms with E-state index in [-0.39, 0.29) is 0 Å². The molecule has 0 unspecified atom stereocenters. The Hall–Kier alpha value is -2.98. The summed E-state index contributed by atoms with van der Waals surface area (Å²) in [4.78, 5) is 4.08. The van der Waals surface area contributed by atoms with Gasteiger partial charge in [0.25, 0.3) is 0 Å². The maximum atomic E-state index is 4.69. The Kier molecular flexibility index (Phi) is 5.44. The van der Waals surface area contributed by atoms with Crippen LogP contribution in [0.3, 0.4) is 0 Å². The lowest BCUT2D eigenvalue weighted by atomic mass is 9.98. The van der Waals surface area contributed by atoms with Crippen molar-refractivity contribution >= 4 is 23.1 Å². The lowest BCUT2D eigenvalue weighted by Crippen LogP contribution is -1.86. The molecule has 0 saturated heterocycles. The predicted octanol–water partition coefficient (Wildman–Crippen LogP) is 6.41. The van der Waals surface area contributed by atoms with E-state index < -0.39 is 0 Å². The average Bonchev–Trinajstić information content (AvgIpc) is 2.64. The summed E-state index contributed by atoms with van der Waals surface area (Å²) in [7, 11) is 0. The van der Waals surface area contributed by atoms with E-state index in [1.807, 2.05) is 13.0 Å². The summed E-state index contributed by atoms with van der Waals surface area (Å²) in [6.45, 7) is 6.21. The molecule has 0 aromatic heterocycles. The zero-order chi connectivity index (χ0) is 18.5. The summed E-state index contributed by atoms with van der Waals surface area (Å²) in [6.07, 6.45) is 0. The molecule has 0 spiro atoms. The van der Waals surface area contributed by atoms with Gasteiger partial charge in [0.2, 0.25) is 0 Å². The quantitative estimate of drug-likeness (QED) is 0.294. The second kappa shape index (κ2) is 7.93. The number of aliphatic imine (C=N–C) groups is 1. The maximum absolute atomic E-state index is 4.69. The third-order valence-electron chi connectivity index (χ3n) is 4.32. The van der Waals surface area contributed by atoms with Gasteiger partial charge in [-0.1, -0.05) is 47.7 Å². The molecule has 126 valence electrons. The van der Waals surface area contributed by atoms with Gasteiger partial charge in [-0.25, -0.2) is 0 Å². The molecule has 0 amide bonds. The molecule has 0 fully saturated rings. The predicted molar refractivity (Wildman–Crippen MR) is 113 cm³/mol. The number of hydrogen-bond acceptors (Lipinski definition) is 2. The van der Waals surface area contributed by atoms with E-state index >= 15 is 0 Å². The number of benzene rings is 3. The van der Waals surface area contributed by atoms with Crippen LogP contribution in [0.25, 0.3) is 11.1 Å². The number of hydrogen-bond donors (Lipinski definition) is 0. The van der Waals surface area contributed by atoms with Gasteiger partial charge in [0.15, 0.2) is 0 Å². The Bertz CT molecular complexity index is 1060. The first-order valence-electron chi connectivity index (χ1n) is 8.45. The van der Waals surface area contributed by atoms with Crippen LogP contribution in [0, 0.1) is 32.6 Å². The molecule has 0 aliphatic heterocycles. The largest absolute Gasteiger partial charge is 0.194 e. The third-order valence-corrected chi connectivity index (χ3v) is 4.41. The van der Waals surface area contributed by atoms with E-state index in [1.54, 1.807) is 0 Å². The number of thiocarbonyl (C=S) groups is 1. The normalized spacial score (nSPS) is 9.81. The molecule has 0 bridgehead atoms. The van der Waals surface area contributed by atoms with Gasteiger partial charge in [0.1, 0.15) is 0 Å². The molecule has 2 heteroatoms. The van der Waals surface area contributed by atoms with Crippen LogP contribution >= 0.6 is 12.2 Å². The van der Waals surface area contributed by atoms with E-state index in [4.69, 9.17) is 0 Å². The molecule has 26 heavy (non-hydrogen) atoms. The van der Waals surface area contributed by atoms with Crippen LogP contribution in [0.5, 0.6) is 0 Å².